The minimum Gasteiger partial charge on any atom is -0.497 e. The minimum absolute atomic E-state index is 0.00175. The number of carbonyl (C=O) groups excluding carboxylic acids is 2. The third kappa shape index (κ3) is 3.37. The summed E-state index contributed by atoms with van der Waals surface area (Å²) < 4.78 is 5.23. The van der Waals surface area contributed by atoms with Crippen LogP contribution in [0.25, 0.3) is 0 Å². The van der Waals surface area contributed by atoms with Gasteiger partial charge in [0.2, 0.25) is 5.91 Å². The second-order valence-corrected chi connectivity index (χ2v) is 7.78. The summed E-state index contributed by atoms with van der Waals surface area (Å²) >= 11 is 0. The lowest BCUT2D eigenvalue weighted by Gasteiger charge is -2.52. The van der Waals surface area contributed by atoms with E-state index in [1.165, 1.54) is 0 Å². The number of ether oxygens (including phenoxy) is 1. The summed E-state index contributed by atoms with van der Waals surface area (Å²) in [5, 5.41) is 3.04. The molecule has 0 radical (unpaired) electrons. The van der Waals surface area contributed by atoms with Gasteiger partial charge in [0.25, 0.3) is 0 Å². The molecule has 4 rings (SSSR count). The summed E-state index contributed by atoms with van der Waals surface area (Å²) in [6.45, 7) is 2.82. The van der Waals surface area contributed by atoms with Crippen molar-refractivity contribution < 1.29 is 14.3 Å². The molecule has 140 valence electrons. The Morgan fingerprint density at radius 1 is 1.31 bits per heavy atom. The molecule has 3 fully saturated rings. The van der Waals surface area contributed by atoms with Gasteiger partial charge in [0.15, 0.2) is 0 Å². The van der Waals surface area contributed by atoms with Crippen LogP contribution in [0.4, 0.5) is 4.79 Å². The standard InChI is InChI=1S/C20H27N3O3/c1-26-17-5-2-4-14(9-17)10-21-20(25)22-11-15-8-16(13-22)18-6-3-7-19(24)23(18)12-15/h2,4-5,9,15-16,18H,3,6-8,10-13H2,1H3,(H,21,25)/t15-,16-,18-/m1/s1. The lowest BCUT2D eigenvalue weighted by atomic mass is 9.76. The molecule has 3 atom stereocenters. The number of nitrogens with zero attached hydrogens (tertiary/aromatic N) is 2. The third-order valence-electron chi connectivity index (χ3n) is 6.04. The Morgan fingerprint density at radius 3 is 3.04 bits per heavy atom. The number of carbonyl (C=O) groups is 2. The van der Waals surface area contributed by atoms with Gasteiger partial charge in [0.05, 0.1) is 7.11 Å². The van der Waals surface area contributed by atoms with Crippen molar-refractivity contribution in [3.05, 3.63) is 29.8 Å². The molecule has 0 aliphatic carbocycles. The highest BCUT2D eigenvalue weighted by atomic mass is 16.5. The number of amides is 3. The van der Waals surface area contributed by atoms with Crippen LogP contribution >= 0.6 is 0 Å². The van der Waals surface area contributed by atoms with Crippen molar-refractivity contribution in [2.75, 3.05) is 26.7 Å². The van der Waals surface area contributed by atoms with Crippen LogP contribution in [-0.4, -0.2) is 54.5 Å². The molecule has 3 aliphatic rings. The summed E-state index contributed by atoms with van der Waals surface area (Å²) in [6.07, 6.45) is 3.92. The number of methoxy groups -OCH3 is 1. The highest BCUT2D eigenvalue weighted by molar-refractivity contribution is 5.78. The Morgan fingerprint density at radius 2 is 2.19 bits per heavy atom. The monoisotopic (exact) mass is 357 g/mol. The smallest absolute Gasteiger partial charge is 0.317 e. The van der Waals surface area contributed by atoms with E-state index >= 15 is 0 Å². The summed E-state index contributed by atoms with van der Waals surface area (Å²) in [6, 6.07) is 8.09. The van der Waals surface area contributed by atoms with Gasteiger partial charge in [0.1, 0.15) is 5.75 Å². The molecule has 26 heavy (non-hydrogen) atoms. The average molecular weight is 357 g/mol. The second-order valence-electron chi connectivity index (χ2n) is 7.78. The Hall–Kier alpha value is -2.24. The molecule has 1 aromatic carbocycles. The van der Waals surface area contributed by atoms with Gasteiger partial charge in [-0.3, -0.25) is 4.79 Å². The predicted molar refractivity (Wildman–Crippen MR) is 97.8 cm³/mol. The maximum atomic E-state index is 12.7. The molecule has 3 amide bonds. The molecule has 0 unspecified atom stereocenters. The summed E-state index contributed by atoms with van der Waals surface area (Å²) in [5.41, 5.74) is 1.03. The van der Waals surface area contributed by atoms with E-state index in [-0.39, 0.29) is 6.03 Å². The lowest BCUT2D eigenvalue weighted by Crippen LogP contribution is -2.62. The SMILES string of the molecule is COc1cccc(CNC(=O)N2C[C@H]3C[C@H](C2)[C@H]2CCCC(=O)N2C3)c1. The maximum absolute atomic E-state index is 12.7. The van der Waals surface area contributed by atoms with Crippen LogP contribution in [0.5, 0.6) is 5.75 Å². The summed E-state index contributed by atoms with van der Waals surface area (Å²) in [4.78, 5) is 29.0. The molecule has 3 heterocycles. The number of piperidine rings is 3. The van der Waals surface area contributed by atoms with E-state index in [1.54, 1.807) is 7.11 Å². The highest BCUT2D eigenvalue weighted by Gasteiger charge is 2.44. The minimum atomic E-state index is -0.00175. The molecule has 0 saturated carbocycles. The molecule has 1 N–H and O–H groups in total. The molecular formula is C20H27N3O3. The van der Waals surface area contributed by atoms with Crippen LogP contribution in [0.2, 0.25) is 0 Å². The van der Waals surface area contributed by atoms with Gasteiger partial charge >= 0.3 is 6.03 Å². The van der Waals surface area contributed by atoms with E-state index in [9.17, 15) is 9.59 Å². The number of nitrogens with one attached hydrogen (secondary N) is 1. The van der Waals surface area contributed by atoms with Gasteiger partial charge in [0, 0.05) is 38.6 Å². The number of likely N-dealkylation sites (tertiary alicyclic amines) is 1. The molecule has 6 nitrogen and oxygen atoms in total. The first kappa shape index (κ1) is 17.2. The van der Waals surface area contributed by atoms with Crippen molar-refractivity contribution in [2.24, 2.45) is 11.8 Å². The first-order valence-corrected chi connectivity index (χ1v) is 9.59. The van der Waals surface area contributed by atoms with Gasteiger partial charge < -0.3 is 19.9 Å². The van der Waals surface area contributed by atoms with Gasteiger partial charge in [-0.25, -0.2) is 4.79 Å². The van der Waals surface area contributed by atoms with Gasteiger partial charge in [-0.05, 0) is 48.8 Å². The highest BCUT2D eigenvalue weighted by Crippen LogP contribution is 2.37. The number of rotatable bonds is 3. The zero-order valence-electron chi connectivity index (χ0n) is 15.3. The molecule has 1 aromatic rings. The number of hydrogen-bond acceptors (Lipinski definition) is 3. The molecule has 0 aromatic heterocycles. The van der Waals surface area contributed by atoms with Crippen LogP contribution in [0.1, 0.15) is 31.2 Å². The van der Waals surface area contributed by atoms with E-state index in [0.29, 0.717) is 36.8 Å². The number of fused-ring (bicyclic) bond motifs is 4. The second kappa shape index (κ2) is 7.17. The molecule has 6 heteroatoms. The zero-order chi connectivity index (χ0) is 18.1. The van der Waals surface area contributed by atoms with Crippen molar-refractivity contribution in [3.63, 3.8) is 0 Å². The predicted octanol–water partition coefficient (Wildman–Crippen LogP) is 2.24. The largest absolute Gasteiger partial charge is 0.497 e. The third-order valence-corrected chi connectivity index (χ3v) is 6.04. The number of benzene rings is 1. The Bertz CT molecular complexity index is 693. The van der Waals surface area contributed by atoms with Gasteiger partial charge in [-0.15, -0.1) is 0 Å². The fourth-order valence-electron chi connectivity index (χ4n) is 4.85. The van der Waals surface area contributed by atoms with Crippen LogP contribution in [0.3, 0.4) is 0 Å². The molecular weight excluding hydrogens is 330 g/mol. The average Bonchev–Trinajstić information content (AvgIpc) is 2.67. The van der Waals surface area contributed by atoms with Crippen LogP contribution in [-0.2, 0) is 11.3 Å². The van der Waals surface area contributed by atoms with Crippen molar-refractivity contribution >= 4 is 11.9 Å². The Balaban J connectivity index is 1.37. The normalized spacial score (nSPS) is 27.7. The molecule has 3 aliphatic heterocycles. The molecule has 2 bridgehead atoms. The summed E-state index contributed by atoms with van der Waals surface area (Å²) in [7, 11) is 1.64. The number of hydrogen-bond donors (Lipinski definition) is 1. The fourth-order valence-corrected chi connectivity index (χ4v) is 4.85. The Kier molecular flexibility index (Phi) is 4.74. The Labute approximate surface area is 154 Å². The van der Waals surface area contributed by atoms with Crippen LogP contribution in [0.15, 0.2) is 24.3 Å². The van der Waals surface area contributed by atoms with E-state index in [2.05, 4.69) is 10.2 Å². The topological polar surface area (TPSA) is 61.9 Å². The molecule has 0 spiro atoms. The van der Waals surface area contributed by atoms with E-state index in [1.807, 2.05) is 29.2 Å². The maximum Gasteiger partial charge on any atom is 0.317 e. The van der Waals surface area contributed by atoms with E-state index in [4.69, 9.17) is 4.74 Å². The van der Waals surface area contributed by atoms with Crippen molar-refractivity contribution in [1.82, 2.24) is 15.1 Å². The number of urea groups is 1. The summed E-state index contributed by atoms with van der Waals surface area (Å²) in [5.74, 6) is 1.95. The van der Waals surface area contributed by atoms with Crippen LogP contribution in [0, 0.1) is 11.8 Å². The zero-order valence-corrected chi connectivity index (χ0v) is 15.3. The first-order valence-electron chi connectivity index (χ1n) is 9.59. The van der Waals surface area contributed by atoms with E-state index in [0.717, 1.165) is 50.2 Å². The fraction of sp³-hybridized carbons (Fsp3) is 0.600. The van der Waals surface area contributed by atoms with Crippen molar-refractivity contribution in [1.29, 1.82) is 0 Å². The van der Waals surface area contributed by atoms with Crippen LogP contribution < -0.4 is 10.1 Å². The quantitative estimate of drug-likeness (QED) is 0.902. The van der Waals surface area contributed by atoms with Crippen molar-refractivity contribution in [2.45, 2.75) is 38.3 Å². The van der Waals surface area contributed by atoms with Gasteiger partial charge in [-0.2, -0.15) is 0 Å². The van der Waals surface area contributed by atoms with Crippen molar-refractivity contribution in [3.8, 4) is 5.75 Å². The lowest BCUT2D eigenvalue weighted by molar-refractivity contribution is -0.144. The van der Waals surface area contributed by atoms with E-state index < -0.39 is 0 Å². The first-order chi connectivity index (χ1) is 12.6. The molecule has 3 saturated heterocycles. The van der Waals surface area contributed by atoms with Gasteiger partial charge in [-0.1, -0.05) is 12.1 Å².